The molecule has 0 amide bonds. The van der Waals surface area contributed by atoms with E-state index in [1.807, 2.05) is 0 Å². The average molecular weight is 470 g/mol. The highest BCUT2D eigenvalue weighted by atomic mass is 79.9. The van der Waals surface area contributed by atoms with E-state index >= 15 is 0 Å². The third kappa shape index (κ3) is 4.01. The minimum absolute atomic E-state index is 0.542. The lowest BCUT2D eigenvalue weighted by atomic mass is 9.54. The van der Waals surface area contributed by atoms with Crippen molar-refractivity contribution in [2.45, 2.75) is 58.2 Å². The molecule has 0 aliphatic heterocycles. The molecule has 0 spiro atoms. The molecule has 4 heteroatoms. The maximum Gasteiger partial charge on any atom is 0.162 e. The third-order valence-electron chi connectivity index (χ3n) is 7.73. The Morgan fingerprint density at radius 2 is 1.63 bits per heavy atom. The molecule has 6 rings (SSSR count). The van der Waals surface area contributed by atoms with Gasteiger partial charge in [0, 0.05) is 17.1 Å². The zero-order valence-electron chi connectivity index (χ0n) is 18.0. The first-order valence-corrected chi connectivity index (χ1v) is 12.2. The molecule has 4 aliphatic rings. The molecule has 2 aromatic rings. The Hall–Kier alpha value is -1.52. The predicted molar refractivity (Wildman–Crippen MR) is 124 cm³/mol. The molecule has 160 valence electrons. The van der Waals surface area contributed by atoms with Gasteiger partial charge in [-0.05, 0) is 91.5 Å². The summed E-state index contributed by atoms with van der Waals surface area (Å²) in [5.41, 5.74) is 3.68. The number of benzene rings is 2. The van der Waals surface area contributed by atoms with Crippen LogP contribution in [0.1, 0.15) is 48.8 Å². The molecule has 0 aromatic heterocycles. The van der Waals surface area contributed by atoms with Crippen molar-refractivity contribution in [3.8, 4) is 11.5 Å². The maximum absolute atomic E-state index is 6.13. The van der Waals surface area contributed by atoms with Gasteiger partial charge < -0.3 is 14.8 Å². The standard InChI is InChI=1S/C26H32BrNO2/c1-16-5-3-4-6-19(16)15-30-25-13-23(27)22(12-24(25)29-2)14-28-26-20-8-17-7-18(10-20)11-21(26)9-17/h3-6,12-13,17-18,20-21,26,28H,7-11,14-15H2,1-2H3. The molecular weight excluding hydrogens is 438 g/mol. The number of aryl methyl sites for hydroxylation is 1. The smallest absolute Gasteiger partial charge is 0.162 e. The normalized spacial score (nSPS) is 29.2. The quantitative estimate of drug-likeness (QED) is 0.518. The van der Waals surface area contributed by atoms with Gasteiger partial charge in [0.25, 0.3) is 0 Å². The molecule has 0 unspecified atom stereocenters. The van der Waals surface area contributed by atoms with E-state index in [1.165, 1.54) is 48.8 Å². The highest BCUT2D eigenvalue weighted by Crippen LogP contribution is 2.53. The van der Waals surface area contributed by atoms with Gasteiger partial charge in [0.2, 0.25) is 0 Å². The molecule has 4 aliphatic carbocycles. The van der Waals surface area contributed by atoms with Crippen molar-refractivity contribution in [1.82, 2.24) is 5.32 Å². The molecule has 30 heavy (non-hydrogen) atoms. The maximum atomic E-state index is 6.13. The van der Waals surface area contributed by atoms with E-state index < -0.39 is 0 Å². The molecule has 4 saturated carbocycles. The van der Waals surface area contributed by atoms with Crippen LogP contribution in [-0.4, -0.2) is 13.2 Å². The summed E-state index contributed by atoms with van der Waals surface area (Å²) < 4.78 is 12.9. The number of halogens is 1. The largest absolute Gasteiger partial charge is 0.493 e. The molecule has 0 saturated heterocycles. The van der Waals surface area contributed by atoms with E-state index in [2.05, 4.69) is 64.6 Å². The number of nitrogens with one attached hydrogen (secondary N) is 1. The van der Waals surface area contributed by atoms with E-state index in [1.54, 1.807) is 7.11 Å². The third-order valence-corrected chi connectivity index (χ3v) is 8.47. The summed E-state index contributed by atoms with van der Waals surface area (Å²) in [6.07, 6.45) is 7.29. The van der Waals surface area contributed by atoms with Crippen molar-refractivity contribution in [2.75, 3.05) is 7.11 Å². The van der Waals surface area contributed by atoms with Gasteiger partial charge in [0.1, 0.15) is 6.61 Å². The zero-order valence-corrected chi connectivity index (χ0v) is 19.6. The summed E-state index contributed by atoms with van der Waals surface area (Å²) in [6, 6.07) is 13.2. The van der Waals surface area contributed by atoms with Gasteiger partial charge in [-0.2, -0.15) is 0 Å². The molecule has 3 nitrogen and oxygen atoms in total. The summed E-state index contributed by atoms with van der Waals surface area (Å²) in [5.74, 6) is 5.39. The Balaban J connectivity index is 1.26. The van der Waals surface area contributed by atoms with Crippen LogP contribution in [0.5, 0.6) is 11.5 Å². The summed E-state index contributed by atoms with van der Waals surface area (Å²) >= 11 is 3.78. The molecule has 0 heterocycles. The molecule has 0 radical (unpaired) electrons. The summed E-state index contributed by atoms with van der Waals surface area (Å²) in [7, 11) is 1.72. The molecular formula is C26H32BrNO2. The number of hydrogen-bond donors (Lipinski definition) is 1. The van der Waals surface area contributed by atoms with Crippen molar-refractivity contribution in [3.63, 3.8) is 0 Å². The first kappa shape index (κ1) is 20.4. The highest BCUT2D eigenvalue weighted by Gasteiger charge is 2.47. The predicted octanol–water partition coefficient (Wildman–Crippen LogP) is 6.26. The lowest BCUT2D eigenvalue weighted by molar-refractivity contribution is -0.0142. The van der Waals surface area contributed by atoms with Crippen molar-refractivity contribution < 1.29 is 9.47 Å². The highest BCUT2D eigenvalue weighted by molar-refractivity contribution is 9.10. The molecule has 4 bridgehead atoms. The van der Waals surface area contributed by atoms with Crippen molar-refractivity contribution >= 4 is 15.9 Å². The Labute approximate surface area is 188 Å². The Morgan fingerprint density at radius 1 is 0.933 bits per heavy atom. The van der Waals surface area contributed by atoms with Crippen LogP contribution in [0.25, 0.3) is 0 Å². The fourth-order valence-corrected chi connectivity index (χ4v) is 6.86. The van der Waals surface area contributed by atoms with Crippen LogP contribution in [0.4, 0.5) is 0 Å². The minimum atomic E-state index is 0.542. The summed E-state index contributed by atoms with van der Waals surface area (Å²) in [6.45, 7) is 3.54. The van der Waals surface area contributed by atoms with Gasteiger partial charge in [0.15, 0.2) is 11.5 Å². The van der Waals surface area contributed by atoms with Crippen LogP contribution in [0.15, 0.2) is 40.9 Å². The van der Waals surface area contributed by atoms with Crippen LogP contribution in [0.2, 0.25) is 0 Å². The number of hydrogen-bond acceptors (Lipinski definition) is 3. The van der Waals surface area contributed by atoms with Crippen LogP contribution in [0.3, 0.4) is 0 Å². The average Bonchev–Trinajstić information content (AvgIpc) is 2.73. The fourth-order valence-electron chi connectivity index (χ4n) is 6.40. The fraction of sp³-hybridized carbons (Fsp3) is 0.538. The molecule has 4 fully saturated rings. The molecule has 2 aromatic carbocycles. The second-order valence-corrected chi connectivity index (χ2v) is 10.5. The van der Waals surface area contributed by atoms with Crippen LogP contribution < -0.4 is 14.8 Å². The number of rotatable bonds is 7. The second-order valence-electron chi connectivity index (χ2n) is 9.65. The Morgan fingerprint density at radius 3 is 2.30 bits per heavy atom. The number of methoxy groups -OCH3 is 1. The summed E-state index contributed by atoms with van der Waals surface area (Å²) in [4.78, 5) is 0. The van der Waals surface area contributed by atoms with E-state index in [9.17, 15) is 0 Å². The number of ether oxygens (including phenoxy) is 2. The van der Waals surface area contributed by atoms with Crippen molar-refractivity contribution in [2.24, 2.45) is 23.7 Å². The van der Waals surface area contributed by atoms with E-state index in [0.717, 1.165) is 46.2 Å². The van der Waals surface area contributed by atoms with E-state index in [0.29, 0.717) is 12.6 Å². The lowest BCUT2D eigenvalue weighted by Gasteiger charge is -2.54. The first-order chi connectivity index (χ1) is 14.6. The first-order valence-electron chi connectivity index (χ1n) is 11.4. The van der Waals surface area contributed by atoms with Crippen LogP contribution >= 0.6 is 15.9 Å². The van der Waals surface area contributed by atoms with E-state index in [4.69, 9.17) is 9.47 Å². The van der Waals surface area contributed by atoms with Gasteiger partial charge in [-0.1, -0.05) is 40.2 Å². The SMILES string of the molecule is COc1cc(CNC2C3CC4CC(C3)CC2C4)c(Br)cc1OCc1ccccc1C. The van der Waals surface area contributed by atoms with Gasteiger partial charge in [-0.3, -0.25) is 0 Å². The van der Waals surface area contributed by atoms with Crippen LogP contribution in [0, 0.1) is 30.6 Å². The van der Waals surface area contributed by atoms with Gasteiger partial charge in [-0.15, -0.1) is 0 Å². The monoisotopic (exact) mass is 469 g/mol. The lowest BCUT2D eigenvalue weighted by Crippen LogP contribution is -2.54. The zero-order chi connectivity index (χ0) is 20.7. The van der Waals surface area contributed by atoms with Gasteiger partial charge in [0.05, 0.1) is 7.11 Å². The van der Waals surface area contributed by atoms with Crippen LogP contribution in [-0.2, 0) is 13.2 Å². The minimum Gasteiger partial charge on any atom is -0.493 e. The van der Waals surface area contributed by atoms with Gasteiger partial charge >= 0.3 is 0 Å². The molecule has 0 atom stereocenters. The summed E-state index contributed by atoms with van der Waals surface area (Å²) in [5, 5.41) is 3.93. The van der Waals surface area contributed by atoms with E-state index in [-0.39, 0.29) is 0 Å². The van der Waals surface area contributed by atoms with Gasteiger partial charge in [-0.25, -0.2) is 0 Å². The van der Waals surface area contributed by atoms with Crippen molar-refractivity contribution in [1.29, 1.82) is 0 Å². The second kappa shape index (κ2) is 8.55. The Kier molecular flexibility index (Phi) is 5.81. The van der Waals surface area contributed by atoms with Crippen molar-refractivity contribution in [3.05, 3.63) is 57.6 Å². The topological polar surface area (TPSA) is 30.5 Å². The molecule has 1 N–H and O–H groups in total. The Bertz CT molecular complexity index is 884.